The molecule has 0 amide bonds. The lowest BCUT2D eigenvalue weighted by Gasteiger charge is -2.07. The molecule has 1 aromatic heterocycles. The summed E-state index contributed by atoms with van der Waals surface area (Å²) in [4.78, 5) is 10.5. The normalized spacial score (nSPS) is 10.4. The Hall–Kier alpha value is -2.30. The van der Waals surface area contributed by atoms with Gasteiger partial charge in [0.15, 0.2) is 0 Å². The maximum atomic E-state index is 10.5. The number of carboxylic acid groups (broad SMARTS) is 1. The number of carbonyl (C=O) groups is 1. The van der Waals surface area contributed by atoms with Crippen LogP contribution in [0.25, 0.3) is 0 Å². The molecule has 0 unspecified atom stereocenters. The van der Waals surface area contributed by atoms with Crippen LogP contribution in [0.1, 0.15) is 17.5 Å². The highest BCUT2D eigenvalue weighted by molar-refractivity contribution is 5.67. The second kappa shape index (κ2) is 5.35. The van der Waals surface area contributed by atoms with E-state index in [-0.39, 0.29) is 12.2 Å². The molecule has 0 aliphatic heterocycles. The van der Waals surface area contributed by atoms with Gasteiger partial charge in [0.05, 0.1) is 6.54 Å². The molecule has 0 bridgehead atoms. The predicted octanol–water partition coefficient (Wildman–Crippen LogP) is 1.65. The van der Waals surface area contributed by atoms with Crippen LogP contribution in [-0.2, 0) is 17.8 Å². The van der Waals surface area contributed by atoms with E-state index in [4.69, 9.17) is 5.11 Å². The highest BCUT2D eigenvalue weighted by Gasteiger charge is 2.06. The minimum absolute atomic E-state index is 0.0199. The standard InChI is InChI=1S/C13H14N2O3/c16-12-8-10(9-15-7-1-6-14-15)2-3-11(12)4-5-13(17)18/h1-3,6-8,16H,4-5,9H2,(H,17,18). The number of aromatic nitrogens is 2. The second-order valence-corrected chi connectivity index (χ2v) is 4.06. The van der Waals surface area contributed by atoms with Gasteiger partial charge in [-0.25, -0.2) is 0 Å². The molecule has 2 rings (SSSR count). The van der Waals surface area contributed by atoms with E-state index < -0.39 is 5.97 Å². The van der Waals surface area contributed by atoms with Crippen molar-refractivity contribution >= 4 is 5.97 Å². The molecule has 2 aromatic rings. The Kier molecular flexibility index (Phi) is 3.62. The monoisotopic (exact) mass is 246 g/mol. The fourth-order valence-electron chi connectivity index (χ4n) is 1.74. The zero-order chi connectivity index (χ0) is 13.0. The first-order chi connectivity index (χ1) is 8.65. The van der Waals surface area contributed by atoms with Crippen molar-refractivity contribution in [2.75, 3.05) is 0 Å². The first-order valence-electron chi connectivity index (χ1n) is 5.65. The van der Waals surface area contributed by atoms with Crippen molar-refractivity contribution < 1.29 is 15.0 Å². The van der Waals surface area contributed by atoms with Crippen molar-refractivity contribution in [3.8, 4) is 5.75 Å². The fourth-order valence-corrected chi connectivity index (χ4v) is 1.74. The lowest BCUT2D eigenvalue weighted by molar-refractivity contribution is -0.136. The lowest BCUT2D eigenvalue weighted by atomic mass is 10.1. The smallest absolute Gasteiger partial charge is 0.303 e. The van der Waals surface area contributed by atoms with Crippen molar-refractivity contribution in [1.82, 2.24) is 9.78 Å². The average molecular weight is 246 g/mol. The molecule has 5 nitrogen and oxygen atoms in total. The van der Waals surface area contributed by atoms with Crippen LogP contribution in [0.3, 0.4) is 0 Å². The number of nitrogens with zero attached hydrogens (tertiary/aromatic N) is 2. The molecule has 0 aliphatic carbocycles. The summed E-state index contributed by atoms with van der Waals surface area (Å²) >= 11 is 0. The van der Waals surface area contributed by atoms with Crippen LogP contribution in [0.15, 0.2) is 36.7 Å². The van der Waals surface area contributed by atoms with Crippen molar-refractivity contribution in [1.29, 1.82) is 0 Å². The Balaban J connectivity index is 2.07. The Labute approximate surface area is 104 Å². The first-order valence-corrected chi connectivity index (χ1v) is 5.65. The Morgan fingerprint density at radius 2 is 2.22 bits per heavy atom. The van der Waals surface area contributed by atoms with E-state index >= 15 is 0 Å². The topological polar surface area (TPSA) is 75.3 Å². The first kappa shape index (κ1) is 12.2. The summed E-state index contributed by atoms with van der Waals surface area (Å²) < 4.78 is 1.76. The zero-order valence-electron chi connectivity index (χ0n) is 9.78. The number of carboxylic acids is 1. The third-order valence-corrected chi connectivity index (χ3v) is 2.66. The van der Waals surface area contributed by atoms with Gasteiger partial charge in [0.1, 0.15) is 5.75 Å². The van der Waals surface area contributed by atoms with Gasteiger partial charge in [-0.15, -0.1) is 0 Å². The van der Waals surface area contributed by atoms with Crippen LogP contribution in [-0.4, -0.2) is 26.0 Å². The highest BCUT2D eigenvalue weighted by atomic mass is 16.4. The van der Waals surface area contributed by atoms with Crippen molar-refractivity contribution in [2.45, 2.75) is 19.4 Å². The Morgan fingerprint density at radius 1 is 1.39 bits per heavy atom. The Morgan fingerprint density at radius 3 is 2.83 bits per heavy atom. The summed E-state index contributed by atoms with van der Waals surface area (Å²) in [5.41, 5.74) is 1.58. The van der Waals surface area contributed by atoms with Gasteiger partial charge in [0.2, 0.25) is 0 Å². The van der Waals surface area contributed by atoms with Crippen LogP contribution in [0.5, 0.6) is 5.75 Å². The number of aryl methyl sites for hydroxylation is 1. The number of phenolic OH excluding ortho intramolecular Hbond substituents is 1. The van der Waals surface area contributed by atoms with Gasteiger partial charge in [0, 0.05) is 18.8 Å². The maximum absolute atomic E-state index is 10.5. The molecular formula is C13H14N2O3. The van der Waals surface area contributed by atoms with E-state index in [1.54, 1.807) is 23.0 Å². The molecule has 2 N–H and O–H groups in total. The van der Waals surface area contributed by atoms with Crippen molar-refractivity contribution in [2.24, 2.45) is 0 Å². The lowest BCUT2D eigenvalue weighted by Crippen LogP contribution is -2.01. The number of aliphatic carboxylic acids is 1. The van der Waals surface area contributed by atoms with Crippen LogP contribution < -0.4 is 0 Å². The molecule has 1 aromatic carbocycles. The largest absolute Gasteiger partial charge is 0.508 e. The molecule has 1 heterocycles. The summed E-state index contributed by atoms with van der Waals surface area (Å²) in [6, 6.07) is 7.12. The van der Waals surface area contributed by atoms with E-state index in [2.05, 4.69) is 5.10 Å². The quantitative estimate of drug-likeness (QED) is 0.841. The molecule has 0 spiro atoms. The second-order valence-electron chi connectivity index (χ2n) is 4.06. The number of benzene rings is 1. The molecular weight excluding hydrogens is 232 g/mol. The molecule has 0 atom stereocenters. The molecule has 0 radical (unpaired) electrons. The van der Waals surface area contributed by atoms with Crippen LogP contribution in [0.4, 0.5) is 0 Å². The third kappa shape index (κ3) is 3.10. The predicted molar refractivity (Wildman–Crippen MR) is 65.4 cm³/mol. The average Bonchev–Trinajstić information content (AvgIpc) is 2.80. The van der Waals surface area contributed by atoms with Gasteiger partial charge in [0.25, 0.3) is 0 Å². The molecule has 0 saturated heterocycles. The summed E-state index contributed by atoms with van der Waals surface area (Å²) in [5, 5.41) is 22.5. The van der Waals surface area contributed by atoms with Crippen LogP contribution in [0.2, 0.25) is 0 Å². The molecule has 0 aliphatic rings. The number of phenols is 1. The number of aromatic hydroxyl groups is 1. The van der Waals surface area contributed by atoms with Gasteiger partial charge in [-0.05, 0) is 29.7 Å². The molecule has 0 saturated carbocycles. The molecule has 18 heavy (non-hydrogen) atoms. The van der Waals surface area contributed by atoms with E-state index in [0.29, 0.717) is 18.5 Å². The van der Waals surface area contributed by atoms with Crippen LogP contribution in [0, 0.1) is 0 Å². The van der Waals surface area contributed by atoms with E-state index in [1.807, 2.05) is 18.3 Å². The summed E-state index contributed by atoms with van der Waals surface area (Å²) in [6.45, 7) is 0.583. The van der Waals surface area contributed by atoms with Crippen molar-refractivity contribution in [3.05, 3.63) is 47.8 Å². The minimum Gasteiger partial charge on any atom is -0.508 e. The molecule has 94 valence electrons. The maximum Gasteiger partial charge on any atom is 0.303 e. The number of hydrogen-bond donors (Lipinski definition) is 2. The SMILES string of the molecule is O=C(O)CCc1ccc(Cn2cccn2)cc1O. The van der Waals surface area contributed by atoms with Gasteiger partial charge in [-0.2, -0.15) is 5.10 Å². The van der Waals surface area contributed by atoms with Crippen LogP contribution >= 0.6 is 0 Å². The number of rotatable bonds is 5. The Bertz CT molecular complexity index is 535. The summed E-state index contributed by atoms with van der Waals surface area (Å²) in [5.74, 6) is -0.726. The molecule has 5 heteroatoms. The van der Waals surface area contributed by atoms with E-state index in [9.17, 15) is 9.90 Å². The fraction of sp³-hybridized carbons (Fsp3) is 0.231. The highest BCUT2D eigenvalue weighted by Crippen LogP contribution is 2.20. The van der Waals surface area contributed by atoms with Gasteiger partial charge >= 0.3 is 5.97 Å². The summed E-state index contributed by atoms with van der Waals surface area (Å²) in [6.07, 6.45) is 3.89. The van der Waals surface area contributed by atoms with E-state index in [0.717, 1.165) is 5.56 Å². The third-order valence-electron chi connectivity index (χ3n) is 2.66. The number of hydrogen-bond acceptors (Lipinski definition) is 3. The van der Waals surface area contributed by atoms with Gasteiger partial charge in [-0.3, -0.25) is 9.48 Å². The summed E-state index contributed by atoms with van der Waals surface area (Å²) in [7, 11) is 0. The zero-order valence-corrected chi connectivity index (χ0v) is 9.78. The van der Waals surface area contributed by atoms with Crippen molar-refractivity contribution in [3.63, 3.8) is 0 Å². The van der Waals surface area contributed by atoms with Gasteiger partial charge in [-0.1, -0.05) is 12.1 Å². The van der Waals surface area contributed by atoms with E-state index in [1.165, 1.54) is 0 Å². The minimum atomic E-state index is -0.866. The molecule has 0 fully saturated rings. The van der Waals surface area contributed by atoms with Gasteiger partial charge < -0.3 is 10.2 Å².